The van der Waals surface area contributed by atoms with E-state index in [1.165, 1.54) is 6.42 Å². The van der Waals surface area contributed by atoms with E-state index >= 15 is 0 Å². The first-order chi connectivity index (χ1) is 12.8. The van der Waals surface area contributed by atoms with Gasteiger partial charge in [-0.15, -0.1) is 0 Å². The van der Waals surface area contributed by atoms with Crippen molar-refractivity contribution in [2.75, 3.05) is 30.8 Å². The minimum atomic E-state index is -1.26. The second-order valence-electron chi connectivity index (χ2n) is 6.77. The van der Waals surface area contributed by atoms with Crippen LogP contribution in [-0.4, -0.2) is 64.3 Å². The highest BCUT2D eigenvalue weighted by atomic mass is 16.4. The zero-order valence-corrected chi connectivity index (χ0v) is 14.9. The number of pyridine rings is 1. The number of carboxylic acid groups (broad SMARTS) is 2. The molecule has 0 amide bonds. The summed E-state index contributed by atoms with van der Waals surface area (Å²) in [6, 6.07) is 11.5. The van der Waals surface area contributed by atoms with Crippen LogP contribution in [0.4, 0.5) is 11.5 Å². The number of piperazine rings is 1. The Labute approximate surface area is 156 Å². The smallest absolute Gasteiger partial charge is 0.328 e. The number of nitrogens with zero attached hydrogens (tertiary/aromatic N) is 3. The molecule has 2 bridgehead atoms. The van der Waals surface area contributed by atoms with Gasteiger partial charge in [0.15, 0.2) is 0 Å². The van der Waals surface area contributed by atoms with Gasteiger partial charge in [0, 0.05) is 48.4 Å². The number of likely N-dealkylation sites (N-methyl/N-ethyl adjacent to an activating group) is 1. The van der Waals surface area contributed by atoms with Crippen LogP contribution in [0.5, 0.6) is 0 Å². The zero-order valence-electron chi connectivity index (χ0n) is 14.9. The second-order valence-corrected chi connectivity index (χ2v) is 6.77. The molecule has 8 nitrogen and oxygen atoms in total. The van der Waals surface area contributed by atoms with E-state index in [0.29, 0.717) is 24.2 Å². The maximum atomic E-state index is 9.55. The van der Waals surface area contributed by atoms with Crippen molar-refractivity contribution in [2.24, 2.45) is 0 Å². The lowest BCUT2D eigenvalue weighted by Crippen LogP contribution is -2.44. The first-order valence-electron chi connectivity index (χ1n) is 8.60. The van der Waals surface area contributed by atoms with E-state index in [1.54, 1.807) is 0 Å². The van der Waals surface area contributed by atoms with Crippen LogP contribution in [0.15, 0.2) is 42.5 Å². The summed E-state index contributed by atoms with van der Waals surface area (Å²) in [5.74, 6) is -1.40. The molecule has 0 radical (unpaired) electrons. The van der Waals surface area contributed by atoms with Gasteiger partial charge in [0.1, 0.15) is 5.82 Å². The van der Waals surface area contributed by atoms with E-state index in [4.69, 9.17) is 20.9 Å². The average Bonchev–Trinajstić information content (AvgIpc) is 3.19. The number of likely N-dealkylation sites (tertiary alicyclic amines) is 1. The Kier molecular flexibility index (Phi) is 5.27. The van der Waals surface area contributed by atoms with Crippen LogP contribution in [0.3, 0.4) is 0 Å². The molecule has 142 valence electrons. The van der Waals surface area contributed by atoms with E-state index in [-0.39, 0.29) is 0 Å². The standard InChI is InChI=1S/C15H18N4.C4H4O4/c1-18-8-13-7-12(18)9-19(13)15-5-2-10-6-11(16)3-4-14(10)17-15;5-3(6)1-2-4(7)8/h2-6,12-13H,7-9,16H2,1H3;1-2H,(H,5,6)(H,7,8)/b;2-1+/t12-,13-;/m0./s1. The van der Waals surface area contributed by atoms with E-state index in [2.05, 4.69) is 29.0 Å². The quantitative estimate of drug-likeness (QED) is 0.548. The molecule has 8 heteroatoms. The highest BCUT2D eigenvalue weighted by Gasteiger charge is 2.41. The molecule has 2 aromatic rings. The number of aromatic nitrogens is 1. The Morgan fingerprint density at radius 2 is 1.81 bits per heavy atom. The van der Waals surface area contributed by atoms with Crippen molar-refractivity contribution in [1.29, 1.82) is 0 Å². The third-order valence-electron chi connectivity index (χ3n) is 4.88. The summed E-state index contributed by atoms with van der Waals surface area (Å²) in [5.41, 5.74) is 7.63. The summed E-state index contributed by atoms with van der Waals surface area (Å²) >= 11 is 0. The number of hydrogen-bond acceptors (Lipinski definition) is 6. The SMILES string of the molecule is CN1C[C@@H]2C[C@H]1CN2c1ccc2cc(N)ccc2n1.O=C(O)/C=C/C(=O)O. The van der Waals surface area contributed by atoms with Crippen LogP contribution >= 0.6 is 0 Å². The fraction of sp³-hybridized carbons (Fsp3) is 0.316. The van der Waals surface area contributed by atoms with Gasteiger partial charge in [0.2, 0.25) is 0 Å². The summed E-state index contributed by atoms with van der Waals surface area (Å²) in [7, 11) is 2.22. The van der Waals surface area contributed by atoms with Gasteiger partial charge < -0.3 is 20.8 Å². The highest BCUT2D eigenvalue weighted by molar-refractivity contribution is 5.89. The molecule has 2 aliphatic heterocycles. The van der Waals surface area contributed by atoms with Gasteiger partial charge in [-0.05, 0) is 43.8 Å². The molecule has 27 heavy (non-hydrogen) atoms. The third kappa shape index (κ3) is 4.35. The van der Waals surface area contributed by atoms with Gasteiger partial charge in [-0.1, -0.05) is 0 Å². The van der Waals surface area contributed by atoms with Crippen LogP contribution in [-0.2, 0) is 9.59 Å². The fourth-order valence-electron chi connectivity index (χ4n) is 3.58. The van der Waals surface area contributed by atoms with Crippen molar-refractivity contribution in [3.8, 4) is 0 Å². The molecular weight excluding hydrogens is 348 g/mol. The molecule has 1 aromatic heterocycles. The molecule has 0 aliphatic carbocycles. The van der Waals surface area contributed by atoms with Crippen LogP contribution in [0.2, 0.25) is 0 Å². The molecule has 0 saturated carbocycles. The molecule has 2 atom stereocenters. The molecule has 2 saturated heterocycles. The Balaban J connectivity index is 0.000000226. The summed E-state index contributed by atoms with van der Waals surface area (Å²) in [6.07, 6.45) is 2.39. The van der Waals surface area contributed by atoms with Gasteiger partial charge in [-0.2, -0.15) is 0 Å². The average molecular weight is 370 g/mol. The monoisotopic (exact) mass is 370 g/mol. The summed E-state index contributed by atoms with van der Waals surface area (Å²) in [4.78, 5) is 28.8. The number of rotatable bonds is 3. The number of nitrogen functional groups attached to an aromatic ring is 1. The van der Waals surface area contributed by atoms with Gasteiger partial charge in [-0.25, -0.2) is 14.6 Å². The molecule has 2 fully saturated rings. The number of carboxylic acids is 2. The van der Waals surface area contributed by atoms with E-state index in [9.17, 15) is 9.59 Å². The van der Waals surface area contributed by atoms with E-state index in [0.717, 1.165) is 35.5 Å². The molecular formula is C19H22N4O4. The third-order valence-corrected chi connectivity index (χ3v) is 4.88. The molecule has 2 aliphatic rings. The number of hydrogen-bond donors (Lipinski definition) is 3. The van der Waals surface area contributed by atoms with Crippen molar-refractivity contribution < 1.29 is 19.8 Å². The maximum Gasteiger partial charge on any atom is 0.328 e. The molecule has 1 aromatic carbocycles. The van der Waals surface area contributed by atoms with E-state index in [1.807, 2.05) is 18.2 Å². The van der Waals surface area contributed by atoms with Crippen molar-refractivity contribution in [2.45, 2.75) is 18.5 Å². The number of anilines is 2. The van der Waals surface area contributed by atoms with Crippen LogP contribution in [0.25, 0.3) is 10.9 Å². The van der Waals surface area contributed by atoms with Crippen LogP contribution in [0.1, 0.15) is 6.42 Å². The summed E-state index contributed by atoms with van der Waals surface area (Å²) in [6.45, 7) is 2.26. The Morgan fingerprint density at radius 3 is 2.37 bits per heavy atom. The van der Waals surface area contributed by atoms with Crippen molar-refractivity contribution in [1.82, 2.24) is 9.88 Å². The lowest BCUT2D eigenvalue weighted by atomic mass is 10.2. The maximum absolute atomic E-state index is 9.55. The number of benzene rings is 1. The largest absolute Gasteiger partial charge is 0.478 e. The minimum absolute atomic E-state index is 0.558. The zero-order chi connectivity index (χ0) is 19.6. The molecule has 4 rings (SSSR count). The summed E-state index contributed by atoms with van der Waals surface area (Å²) in [5, 5.41) is 16.7. The molecule has 4 N–H and O–H groups in total. The molecule has 0 spiro atoms. The van der Waals surface area contributed by atoms with Gasteiger partial charge in [0.05, 0.1) is 5.52 Å². The van der Waals surface area contributed by atoms with Gasteiger partial charge in [-0.3, -0.25) is 4.90 Å². The van der Waals surface area contributed by atoms with Crippen molar-refractivity contribution in [3.05, 3.63) is 42.5 Å². The summed E-state index contributed by atoms with van der Waals surface area (Å²) < 4.78 is 0. The van der Waals surface area contributed by atoms with Crippen molar-refractivity contribution in [3.63, 3.8) is 0 Å². The van der Waals surface area contributed by atoms with Crippen LogP contribution < -0.4 is 10.6 Å². The fourth-order valence-corrected chi connectivity index (χ4v) is 3.58. The van der Waals surface area contributed by atoms with Crippen molar-refractivity contribution >= 4 is 34.3 Å². The lowest BCUT2D eigenvalue weighted by Gasteiger charge is -2.32. The normalized spacial score (nSPS) is 21.4. The van der Waals surface area contributed by atoms with Gasteiger partial charge >= 0.3 is 11.9 Å². The molecule has 3 heterocycles. The lowest BCUT2D eigenvalue weighted by molar-refractivity contribution is -0.134. The minimum Gasteiger partial charge on any atom is -0.478 e. The number of carbonyl (C=O) groups is 2. The predicted molar refractivity (Wildman–Crippen MR) is 103 cm³/mol. The Morgan fingerprint density at radius 1 is 1.11 bits per heavy atom. The Hall–Kier alpha value is -3.13. The Bertz CT molecular complexity index is 880. The second kappa shape index (κ2) is 7.63. The first kappa shape index (κ1) is 18.7. The highest BCUT2D eigenvalue weighted by Crippen LogP contribution is 2.33. The molecule has 0 unspecified atom stereocenters. The number of aliphatic carboxylic acids is 2. The number of fused-ring (bicyclic) bond motifs is 3. The van der Waals surface area contributed by atoms with Crippen LogP contribution in [0, 0.1) is 0 Å². The first-order valence-corrected chi connectivity index (χ1v) is 8.60. The van der Waals surface area contributed by atoms with Gasteiger partial charge in [0.25, 0.3) is 0 Å². The predicted octanol–water partition coefficient (Wildman–Crippen LogP) is 1.42. The topological polar surface area (TPSA) is 120 Å². The number of nitrogens with two attached hydrogens (primary N) is 1. The van der Waals surface area contributed by atoms with E-state index < -0.39 is 11.9 Å².